The van der Waals surface area contributed by atoms with Crippen LogP contribution in [0.3, 0.4) is 0 Å². The van der Waals surface area contributed by atoms with E-state index in [0.29, 0.717) is 6.54 Å². The molecule has 70 valence electrons. The van der Waals surface area contributed by atoms with Crippen LogP contribution >= 0.6 is 0 Å². The second-order valence-electron chi connectivity index (χ2n) is 2.95. The van der Waals surface area contributed by atoms with E-state index in [2.05, 4.69) is 22.1 Å². The van der Waals surface area contributed by atoms with Gasteiger partial charge in [0.2, 0.25) is 0 Å². The Morgan fingerprint density at radius 2 is 2.07 bits per heavy atom. The minimum atomic E-state index is 0.699. The van der Waals surface area contributed by atoms with Gasteiger partial charge in [0.1, 0.15) is 6.33 Å². The van der Waals surface area contributed by atoms with Crippen LogP contribution in [-0.4, -0.2) is 20.2 Å². The number of hydrogen-bond acceptors (Lipinski definition) is 3. The maximum Gasteiger partial charge on any atom is 0.138 e. The Bertz CT molecular complexity index is 402. The summed E-state index contributed by atoms with van der Waals surface area (Å²) in [7, 11) is 0. The van der Waals surface area contributed by atoms with Crippen molar-refractivity contribution in [2.75, 3.05) is 0 Å². The third kappa shape index (κ3) is 1.85. The minimum absolute atomic E-state index is 0.699. The molecule has 4 heteroatoms. The molecule has 0 atom stereocenters. The molecule has 4 nitrogen and oxygen atoms in total. The lowest BCUT2D eigenvalue weighted by Gasteiger charge is -2.00. The minimum Gasteiger partial charge on any atom is -0.228 e. The van der Waals surface area contributed by atoms with E-state index in [1.165, 1.54) is 5.56 Å². The zero-order valence-corrected chi connectivity index (χ0v) is 7.67. The van der Waals surface area contributed by atoms with Gasteiger partial charge in [-0.05, 0) is 21.6 Å². The highest BCUT2D eigenvalue weighted by molar-refractivity contribution is 5.47. The van der Waals surface area contributed by atoms with Crippen molar-refractivity contribution in [2.24, 2.45) is 0 Å². The molecule has 0 fully saturated rings. The number of nitrogens with zero attached hydrogens (tertiary/aromatic N) is 4. The summed E-state index contributed by atoms with van der Waals surface area (Å²) in [5, 5.41) is 10.9. The van der Waals surface area contributed by atoms with E-state index in [9.17, 15) is 0 Å². The molecule has 2 aromatic rings. The van der Waals surface area contributed by atoms with Crippen LogP contribution in [0.2, 0.25) is 0 Å². The summed E-state index contributed by atoms with van der Waals surface area (Å²) >= 11 is 0. The fourth-order valence-electron chi connectivity index (χ4n) is 1.20. The molecule has 0 bridgehead atoms. The SMILES string of the molecule is C=Cc1ccc(Cn2cnnn2)cc1. The Labute approximate surface area is 81.9 Å². The van der Waals surface area contributed by atoms with Crippen molar-refractivity contribution < 1.29 is 0 Å². The van der Waals surface area contributed by atoms with Crippen LogP contribution in [0.4, 0.5) is 0 Å². The number of tetrazole rings is 1. The first-order chi connectivity index (χ1) is 6.88. The fraction of sp³-hybridized carbons (Fsp3) is 0.100. The molecule has 0 saturated heterocycles. The molecule has 0 saturated carbocycles. The van der Waals surface area contributed by atoms with Crippen molar-refractivity contribution in [3.63, 3.8) is 0 Å². The van der Waals surface area contributed by atoms with Crippen LogP contribution in [0.15, 0.2) is 37.2 Å². The van der Waals surface area contributed by atoms with Gasteiger partial charge < -0.3 is 0 Å². The van der Waals surface area contributed by atoms with E-state index >= 15 is 0 Å². The van der Waals surface area contributed by atoms with E-state index in [4.69, 9.17) is 0 Å². The van der Waals surface area contributed by atoms with E-state index in [1.54, 1.807) is 11.0 Å². The van der Waals surface area contributed by atoms with Crippen molar-refractivity contribution in [3.05, 3.63) is 48.3 Å². The summed E-state index contributed by atoms with van der Waals surface area (Å²) in [6, 6.07) is 8.12. The zero-order chi connectivity index (χ0) is 9.80. The second kappa shape index (κ2) is 3.83. The highest BCUT2D eigenvalue weighted by Gasteiger charge is 1.95. The highest BCUT2D eigenvalue weighted by Crippen LogP contribution is 2.06. The van der Waals surface area contributed by atoms with Crippen molar-refractivity contribution in [1.29, 1.82) is 0 Å². The summed E-state index contributed by atoms with van der Waals surface area (Å²) in [6.07, 6.45) is 3.42. The standard InChI is InChI=1S/C10H10N4/c1-2-9-3-5-10(6-4-9)7-14-8-11-12-13-14/h2-6,8H,1,7H2. The van der Waals surface area contributed by atoms with Crippen molar-refractivity contribution >= 4 is 6.08 Å². The molecule has 0 radical (unpaired) electrons. The lowest BCUT2D eigenvalue weighted by atomic mass is 10.1. The van der Waals surface area contributed by atoms with Gasteiger partial charge in [-0.15, -0.1) is 5.10 Å². The molecule has 14 heavy (non-hydrogen) atoms. The van der Waals surface area contributed by atoms with Crippen molar-refractivity contribution in [3.8, 4) is 0 Å². The van der Waals surface area contributed by atoms with Gasteiger partial charge in [-0.25, -0.2) is 4.68 Å². The zero-order valence-electron chi connectivity index (χ0n) is 7.67. The molecule has 0 N–H and O–H groups in total. The molecule has 0 aliphatic carbocycles. The molecule has 0 amide bonds. The lowest BCUT2D eigenvalue weighted by Crippen LogP contribution is -2.00. The smallest absolute Gasteiger partial charge is 0.138 e. The second-order valence-corrected chi connectivity index (χ2v) is 2.95. The van der Waals surface area contributed by atoms with Gasteiger partial charge in [0, 0.05) is 0 Å². The van der Waals surface area contributed by atoms with Gasteiger partial charge in [-0.1, -0.05) is 36.9 Å². The molecular formula is C10H10N4. The summed E-state index contributed by atoms with van der Waals surface area (Å²) in [4.78, 5) is 0. The van der Waals surface area contributed by atoms with Crippen molar-refractivity contribution in [2.45, 2.75) is 6.54 Å². The average Bonchev–Trinajstić information content (AvgIpc) is 2.72. The molecule has 0 spiro atoms. The number of benzene rings is 1. The average molecular weight is 186 g/mol. The van der Waals surface area contributed by atoms with Crippen LogP contribution in [0.1, 0.15) is 11.1 Å². The van der Waals surface area contributed by atoms with Crippen LogP contribution in [0.25, 0.3) is 6.08 Å². The van der Waals surface area contributed by atoms with Gasteiger partial charge in [-0.3, -0.25) is 0 Å². The third-order valence-corrected chi connectivity index (χ3v) is 1.95. The summed E-state index contributed by atoms with van der Waals surface area (Å²) in [5.41, 5.74) is 2.29. The topological polar surface area (TPSA) is 43.6 Å². The quantitative estimate of drug-likeness (QED) is 0.727. The Morgan fingerprint density at radius 3 is 2.64 bits per heavy atom. The summed E-state index contributed by atoms with van der Waals surface area (Å²) < 4.78 is 1.68. The first-order valence-corrected chi connectivity index (χ1v) is 4.30. The molecule has 0 unspecified atom stereocenters. The summed E-state index contributed by atoms with van der Waals surface area (Å²) in [6.45, 7) is 4.40. The Kier molecular flexibility index (Phi) is 2.36. The number of hydrogen-bond donors (Lipinski definition) is 0. The van der Waals surface area contributed by atoms with Gasteiger partial charge in [0.05, 0.1) is 6.54 Å². The maximum absolute atomic E-state index is 3.79. The molecule has 1 heterocycles. The Balaban J connectivity index is 2.14. The summed E-state index contributed by atoms with van der Waals surface area (Å²) in [5.74, 6) is 0. The number of rotatable bonds is 3. The maximum atomic E-state index is 3.79. The van der Waals surface area contributed by atoms with Crippen LogP contribution in [0.5, 0.6) is 0 Å². The van der Waals surface area contributed by atoms with Crippen LogP contribution in [-0.2, 0) is 6.54 Å². The van der Waals surface area contributed by atoms with Crippen LogP contribution < -0.4 is 0 Å². The monoisotopic (exact) mass is 186 g/mol. The number of aromatic nitrogens is 4. The molecule has 2 rings (SSSR count). The first kappa shape index (κ1) is 8.62. The third-order valence-electron chi connectivity index (χ3n) is 1.95. The predicted octanol–water partition coefficient (Wildman–Crippen LogP) is 1.36. The molecular weight excluding hydrogens is 176 g/mol. The molecule has 0 aliphatic heterocycles. The fourth-order valence-corrected chi connectivity index (χ4v) is 1.20. The highest BCUT2D eigenvalue weighted by atomic mass is 15.5. The Morgan fingerprint density at radius 1 is 1.29 bits per heavy atom. The van der Waals surface area contributed by atoms with E-state index in [1.807, 2.05) is 30.3 Å². The first-order valence-electron chi connectivity index (χ1n) is 4.30. The largest absolute Gasteiger partial charge is 0.228 e. The van der Waals surface area contributed by atoms with E-state index < -0.39 is 0 Å². The van der Waals surface area contributed by atoms with E-state index in [-0.39, 0.29) is 0 Å². The Hall–Kier alpha value is -1.97. The van der Waals surface area contributed by atoms with Crippen LogP contribution in [0, 0.1) is 0 Å². The van der Waals surface area contributed by atoms with Gasteiger partial charge in [-0.2, -0.15) is 0 Å². The van der Waals surface area contributed by atoms with Gasteiger partial charge in [0.15, 0.2) is 0 Å². The molecule has 1 aromatic heterocycles. The van der Waals surface area contributed by atoms with Crippen molar-refractivity contribution in [1.82, 2.24) is 20.2 Å². The normalized spacial score (nSPS) is 10.0. The lowest BCUT2D eigenvalue weighted by molar-refractivity contribution is 0.648. The van der Waals surface area contributed by atoms with Gasteiger partial charge >= 0.3 is 0 Å². The molecule has 0 aliphatic rings. The van der Waals surface area contributed by atoms with Gasteiger partial charge in [0.25, 0.3) is 0 Å². The van der Waals surface area contributed by atoms with E-state index in [0.717, 1.165) is 5.56 Å². The predicted molar refractivity (Wildman–Crippen MR) is 53.5 cm³/mol. The molecule has 1 aromatic carbocycles.